The maximum Gasteiger partial charge on any atom is 0.161 e. The van der Waals surface area contributed by atoms with Crippen LogP contribution < -0.4 is 5.32 Å². The number of rotatable bonds is 1. The Hall–Kier alpha value is -1.07. The highest BCUT2D eigenvalue weighted by Gasteiger charge is 2.07. The molecule has 0 spiro atoms. The van der Waals surface area contributed by atoms with Crippen molar-refractivity contribution in [2.45, 2.75) is 0 Å². The molecule has 0 bridgehead atoms. The van der Waals surface area contributed by atoms with E-state index in [1.165, 1.54) is 4.70 Å². The summed E-state index contributed by atoms with van der Waals surface area (Å²) in [7, 11) is 0. The smallest absolute Gasteiger partial charge is 0.161 e. The molecule has 1 aromatic carbocycles. The number of amidine groups is 1. The lowest BCUT2D eigenvalue weighted by Crippen LogP contribution is -2.04. The van der Waals surface area contributed by atoms with Crippen LogP contribution in [-0.4, -0.2) is 22.4 Å². The number of hydrogen-bond acceptors (Lipinski definition) is 5. The molecule has 3 nitrogen and oxygen atoms in total. The third kappa shape index (κ3) is 1.85. The van der Waals surface area contributed by atoms with Gasteiger partial charge in [0.25, 0.3) is 0 Å². The van der Waals surface area contributed by atoms with Gasteiger partial charge in [-0.25, -0.2) is 4.98 Å². The fourth-order valence-corrected chi connectivity index (χ4v) is 2.88. The minimum Gasteiger partial charge on any atom is -0.335 e. The number of aliphatic imine (C=N–C) groups is 1. The Labute approximate surface area is 95.6 Å². The third-order valence-corrected chi connectivity index (χ3v) is 3.87. The quantitative estimate of drug-likeness (QED) is 0.826. The summed E-state index contributed by atoms with van der Waals surface area (Å²) in [6.45, 7) is 0.923. The molecular weight excluding hydrogens is 226 g/mol. The average Bonchev–Trinajstić information content (AvgIpc) is 2.87. The second-order valence-corrected chi connectivity index (χ2v) is 5.17. The van der Waals surface area contributed by atoms with E-state index in [2.05, 4.69) is 33.5 Å². The highest BCUT2D eigenvalue weighted by molar-refractivity contribution is 8.14. The topological polar surface area (TPSA) is 37.3 Å². The van der Waals surface area contributed by atoms with Crippen LogP contribution in [-0.2, 0) is 0 Å². The van der Waals surface area contributed by atoms with Crippen LogP contribution in [0.3, 0.4) is 0 Å². The van der Waals surface area contributed by atoms with Crippen LogP contribution in [0.2, 0.25) is 0 Å². The molecule has 0 atom stereocenters. The zero-order valence-corrected chi connectivity index (χ0v) is 9.57. The highest BCUT2D eigenvalue weighted by Crippen LogP contribution is 2.23. The van der Waals surface area contributed by atoms with Gasteiger partial charge in [-0.15, -0.1) is 11.3 Å². The summed E-state index contributed by atoms with van der Waals surface area (Å²) in [6, 6.07) is 6.23. The number of hydrogen-bond donors (Lipinski definition) is 1. The number of aromatic nitrogens is 1. The zero-order valence-electron chi connectivity index (χ0n) is 7.93. The van der Waals surface area contributed by atoms with Gasteiger partial charge in [0.15, 0.2) is 5.17 Å². The van der Waals surface area contributed by atoms with Crippen LogP contribution in [0.25, 0.3) is 10.2 Å². The van der Waals surface area contributed by atoms with Crippen LogP contribution in [0.15, 0.2) is 28.7 Å². The maximum atomic E-state index is 4.35. The van der Waals surface area contributed by atoms with E-state index in [1.807, 2.05) is 5.51 Å². The molecule has 15 heavy (non-hydrogen) atoms. The van der Waals surface area contributed by atoms with Crippen molar-refractivity contribution in [1.82, 2.24) is 4.98 Å². The van der Waals surface area contributed by atoms with Gasteiger partial charge in [-0.1, -0.05) is 11.8 Å². The number of thioether (sulfide) groups is 1. The van der Waals surface area contributed by atoms with Gasteiger partial charge in [0.2, 0.25) is 0 Å². The third-order valence-electron chi connectivity index (χ3n) is 2.17. The summed E-state index contributed by atoms with van der Waals surface area (Å²) in [5.74, 6) is 1.08. The summed E-state index contributed by atoms with van der Waals surface area (Å²) in [6.07, 6.45) is 0. The fourth-order valence-electron chi connectivity index (χ4n) is 1.47. The molecule has 3 rings (SSSR count). The predicted octanol–water partition coefficient (Wildman–Crippen LogP) is 2.81. The lowest BCUT2D eigenvalue weighted by atomic mass is 10.3. The first-order chi connectivity index (χ1) is 7.42. The van der Waals surface area contributed by atoms with Gasteiger partial charge in [0.05, 0.1) is 22.3 Å². The van der Waals surface area contributed by atoms with E-state index in [4.69, 9.17) is 0 Å². The number of nitrogens with one attached hydrogen (secondary N) is 1. The van der Waals surface area contributed by atoms with E-state index in [0.717, 1.165) is 28.7 Å². The molecule has 0 saturated heterocycles. The highest BCUT2D eigenvalue weighted by atomic mass is 32.2. The van der Waals surface area contributed by atoms with E-state index in [1.54, 1.807) is 23.1 Å². The molecule has 0 aliphatic carbocycles. The first-order valence-electron chi connectivity index (χ1n) is 4.69. The molecule has 2 heterocycles. The maximum absolute atomic E-state index is 4.35. The molecule has 2 aromatic rings. The molecule has 76 valence electrons. The Morgan fingerprint density at radius 3 is 3.20 bits per heavy atom. The molecule has 1 aliphatic rings. The SMILES string of the molecule is c1nc2cc(NC3=NCCS3)ccc2s1. The Kier molecular flexibility index (Phi) is 2.34. The van der Waals surface area contributed by atoms with Crippen molar-refractivity contribution < 1.29 is 0 Å². The Morgan fingerprint density at radius 2 is 2.33 bits per heavy atom. The van der Waals surface area contributed by atoms with Crippen molar-refractivity contribution in [3.63, 3.8) is 0 Å². The molecule has 1 N–H and O–H groups in total. The number of benzene rings is 1. The second-order valence-electron chi connectivity index (χ2n) is 3.20. The molecular formula is C10H9N3S2. The van der Waals surface area contributed by atoms with Gasteiger partial charge in [-0.05, 0) is 18.2 Å². The van der Waals surface area contributed by atoms with Crippen LogP contribution >= 0.6 is 23.1 Å². The Morgan fingerprint density at radius 1 is 1.33 bits per heavy atom. The number of anilines is 1. The lowest BCUT2D eigenvalue weighted by Gasteiger charge is -2.04. The van der Waals surface area contributed by atoms with Gasteiger partial charge < -0.3 is 5.32 Å². The van der Waals surface area contributed by atoms with Gasteiger partial charge in [0.1, 0.15) is 0 Å². The van der Waals surface area contributed by atoms with E-state index in [0.29, 0.717) is 0 Å². The second kappa shape index (κ2) is 3.83. The average molecular weight is 235 g/mol. The summed E-state index contributed by atoms with van der Waals surface area (Å²) in [4.78, 5) is 8.64. The van der Waals surface area contributed by atoms with E-state index in [-0.39, 0.29) is 0 Å². The molecule has 5 heteroatoms. The monoisotopic (exact) mass is 235 g/mol. The lowest BCUT2D eigenvalue weighted by molar-refractivity contribution is 1.17. The normalized spacial score (nSPS) is 15.6. The van der Waals surface area contributed by atoms with E-state index < -0.39 is 0 Å². The molecule has 1 aliphatic heterocycles. The van der Waals surface area contributed by atoms with Gasteiger partial charge in [0, 0.05) is 11.4 Å². The molecule has 0 fully saturated rings. The van der Waals surface area contributed by atoms with Crippen molar-refractivity contribution in [1.29, 1.82) is 0 Å². The van der Waals surface area contributed by atoms with Gasteiger partial charge >= 0.3 is 0 Å². The summed E-state index contributed by atoms with van der Waals surface area (Å²) >= 11 is 3.43. The van der Waals surface area contributed by atoms with Gasteiger partial charge in [-0.2, -0.15) is 0 Å². The molecule has 0 amide bonds. The standard InChI is InChI=1S/C10H9N3S2/c1-2-9-8(12-6-15-9)5-7(1)13-10-11-3-4-14-10/h1-2,5-6H,3-4H2,(H,11,13). The fraction of sp³-hybridized carbons (Fsp3) is 0.200. The van der Waals surface area contributed by atoms with Crippen molar-refractivity contribution >= 4 is 44.2 Å². The number of thiazole rings is 1. The summed E-state index contributed by atoms with van der Waals surface area (Å²) in [5.41, 5.74) is 3.99. The first-order valence-corrected chi connectivity index (χ1v) is 6.56. The minimum atomic E-state index is 0.923. The largest absolute Gasteiger partial charge is 0.335 e. The predicted molar refractivity (Wildman–Crippen MR) is 68.0 cm³/mol. The van der Waals surface area contributed by atoms with Crippen molar-refractivity contribution in [3.8, 4) is 0 Å². The molecule has 0 radical (unpaired) electrons. The van der Waals surface area contributed by atoms with Crippen LogP contribution in [0.1, 0.15) is 0 Å². The molecule has 0 saturated carbocycles. The van der Waals surface area contributed by atoms with Gasteiger partial charge in [-0.3, -0.25) is 4.99 Å². The first kappa shape index (κ1) is 9.18. The minimum absolute atomic E-state index is 0.923. The molecule has 0 unspecified atom stereocenters. The summed E-state index contributed by atoms with van der Waals surface area (Å²) < 4.78 is 1.22. The van der Waals surface area contributed by atoms with Crippen LogP contribution in [0, 0.1) is 0 Å². The van der Waals surface area contributed by atoms with Crippen molar-refractivity contribution in [2.24, 2.45) is 4.99 Å². The van der Waals surface area contributed by atoms with E-state index >= 15 is 0 Å². The van der Waals surface area contributed by atoms with Crippen molar-refractivity contribution in [2.75, 3.05) is 17.6 Å². The number of nitrogens with zero attached hydrogens (tertiary/aromatic N) is 2. The number of fused-ring (bicyclic) bond motifs is 1. The Balaban J connectivity index is 1.90. The Bertz CT molecular complexity index is 518. The zero-order chi connectivity index (χ0) is 10.1. The van der Waals surface area contributed by atoms with Crippen molar-refractivity contribution in [3.05, 3.63) is 23.7 Å². The van der Waals surface area contributed by atoms with Crippen LogP contribution in [0.4, 0.5) is 5.69 Å². The molecule has 1 aromatic heterocycles. The van der Waals surface area contributed by atoms with E-state index in [9.17, 15) is 0 Å². The van der Waals surface area contributed by atoms with Crippen LogP contribution in [0.5, 0.6) is 0 Å². The summed E-state index contributed by atoms with van der Waals surface area (Å²) in [5, 5.41) is 4.32.